The molecule has 0 aliphatic heterocycles. The third-order valence-electron chi connectivity index (χ3n) is 5.36. The van der Waals surface area contributed by atoms with Gasteiger partial charge in [0, 0.05) is 24.0 Å². The molecule has 5 nitrogen and oxygen atoms in total. The minimum Gasteiger partial charge on any atom is -0.353 e. The summed E-state index contributed by atoms with van der Waals surface area (Å²) in [5.74, 6) is 1.47. The second kappa shape index (κ2) is 7.54. The standard InChI is InChI=1S/C18H25ClN2O3S/c1-25(23,24)21(16-8-6-15(19)7-9-16)10-2-3-18(22)20-17-12-13-4-5-14(17)11-13/h6-9,13-14,17H,2-5,10-12H2,1H3,(H,20,22)/t13-,14-,17-/m0/s1. The summed E-state index contributed by atoms with van der Waals surface area (Å²) in [7, 11) is -3.40. The van der Waals surface area contributed by atoms with Crippen molar-refractivity contribution in [2.75, 3.05) is 17.1 Å². The van der Waals surface area contributed by atoms with Gasteiger partial charge in [0.1, 0.15) is 0 Å². The average molecular weight is 385 g/mol. The molecule has 0 heterocycles. The quantitative estimate of drug-likeness (QED) is 0.785. The first-order chi connectivity index (χ1) is 11.8. The van der Waals surface area contributed by atoms with Crippen LogP contribution >= 0.6 is 11.6 Å². The van der Waals surface area contributed by atoms with Crippen LogP contribution in [-0.2, 0) is 14.8 Å². The van der Waals surface area contributed by atoms with Gasteiger partial charge in [-0.3, -0.25) is 9.10 Å². The highest BCUT2D eigenvalue weighted by molar-refractivity contribution is 7.92. The number of halogens is 1. The van der Waals surface area contributed by atoms with E-state index in [9.17, 15) is 13.2 Å². The molecule has 1 aromatic rings. The van der Waals surface area contributed by atoms with Gasteiger partial charge >= 0.3 is 0 Å². The highest BCUT2D eigenvalue weighted by atomic mass is 35.5. The predicted molar refractivity (Wildman–Crippen MR) is 100 cm³/mol. The second-order valence-corrected chi connectivity index (χ2v) is 9.61. The Morgan fingerprint density at radius 2 is 1.96 bits per heavy atom. The Balaban J connectivity index is 1.51. The Bertz CT molecular complexity index is 720. The second-order valence-electron chi connectivity index (χ2n) is 7.26. The number of nitrogens with one attached hydrogen (secondary N) is 1. The third kappa shape index (κ3) is 4.67. The van der Waals surface area contributed by atoms with Gasteiger partial charge in [-0.05, 0) is 61.8 Å². The van der Waals surface area contributed by atoms with Gasteiger partial charge in [-0.15, -0.1) is 0 Å². The van der Waals surface area contributed by atoms with Crippen molar-refractivity contribution < 1.29 is 13.2 Å². The van der Waals surface area contributed by atoms with Crippen LogP contribution in [0.15, 0.2) is 24.3 Å². The van der Waals surface area contributed by atoms with Crippen LogP contribution in [0.5, 0.6) is 0 Å². The van der Waals surface area contributed by atoms with Gasteiger partial charge < -0.3 is 5.32 Å². The summed E-state index contributed by atoms with van der Waals surface area (Å²) in [6, 6.07) is 7.01. The average Bonchev–Trinajstić information content (AvgIpc) is 3.14. The van der Waals surface area contributed by atoms with Crippen molar-refractivity contribution in [3.8, 4) is 0 Å². The van der Waals surface area contributed by atoms with Crippen molar-refractivity contribution in [1.29, 1.82) is 0 Å². The highest BCUT2D eigenvalue weighted by Gasteiger charge is 2.39. The number of carbonyl (C=O) groups excluding carboxylic acids is 1. The van der Waals surface area contributed by atoms with Crippen LogP contribution in [-0.4, -0.2) is 33.2 Å². The smallest absolute Gasteiger partial charge is 0.232 e. The van der Waals surface area contributed by atoms with E-state index in [1.54, 1.807) is 24.3 Å². The van der Waals surface area contributed by atoms with Crippen LogP contribution in [0.3, 0.4) is 0 Å². The molecule has 138 valence electrons. The predicted octanol–water partition coefficient (Wildman–Crippen LogP) is 3.19. The lowest BCUT2D eigenvalue weighted by Gasteiger charge is -2.24. The van der Waals surface area contributed by atoms with E-state index in [2.05, 4.69) is 5.32 Å². The van der Waals surface area contributed by atoms with Crippen molar-refractivity contribution in [3.63, 3.8) is 0 Å². The molecule has 2 saturated carbocycles. The topological polar surface area (TPSA) is 66.5 Å². The van der Waals surface area contributed by atoms with Gasteiger partial charge in [-0.2, -0.15) is 0 Å². The molecule has 0 aromatic heterocycles. The number of carbonyl (C=O) groups is 1. The van der Waals surface area contributed by atoms with Crippen molar-refractivity contribution in [2.45, 2.75) is 44.6 Å². The molecule has 7 heteroatoms. The maximum absolute atomic E-state index is 12.2. The maximum atomic E-state index is 12.2. The number of benzene rings is 1. The summed E-state index contributed by atoms with van der Waals surface area (Å²) in [4.78, 5) is 12.2. The van der Waals surface area contributed by atoms with E-state index in [0.29, 0.717) is 35.5 Å². The minimum atomic E-state index is -3.40. The van der Waals surface area contributed by atoms with Gasteiger partial charge in [0.15, 0.2) is 0 Å². The van der Waals surface area contributed by atoms with Crippen molar-refractivity contribution in [2.24, 2.45) is 11.8 Å². The summed E-state index contributed by atoms with van der Waals surface area (Å²) in [6.45, 7) is 0.282. The summed E-state index contributed by atoms with van der Waals surface area (Å²) in [5.41, 5.74) is 0.570. The maximum Gasteiger partial charge on any atom is 0.232 e. The Morgan fingerprint density at radius 3 is 2.52 bits per heavy atom. The van der Waals surface area contributed by atoms with Crippen LogP contribution in [0.25, 0.3) is 0 Å². The molecule has 0 saturated heterocycles. The Kier molecular flexibility index (Phi) is 5.58. The van der Waals surface area contributed by atoms with Crippen LogP contribution in [0.2, 0.25) is 5.02 Å². The fraction of sp³-hybridized carbons (Fsp3) is 0.611. The normalized spacial score (nSPS) is 25.1. The van der Waals surface area contributed by atoms with Gasteiger partial charge in [0.05, 0.1) is 11.9 Å². The van der Waals surface area contributed by atoms with Gasteiger partial charge in [-0.25, -0.2) is 8.42 Å². The van der Waals surface area contributed by atoms with Crippen LogP contribution in [0.4, 0.5) is 5.69 Å². The Morgan fingerprint density at radius 1 is 1.24 bits per heavy atom. The van der Waals surface area contributed by atoms with Crippen molar-refractivity contribution in [3.05, 3.63) is 29.3 Å². The lowest BCUT2D eigenvalue weighted by atomic mass is 9.95. The van der Waals surface area contributed by atoms with Crippen LogP contribution < -0.4 is 9.62 Å². The molecule has 2 fully saturated rings. The van der Waals surface area contributed by atoms with Crippen molar-refractivity contribution >= 4 is 33.2 Å². The number of nitrogens with zero attached hydrogens (tertiary/aromatic N) is 1. The first kappa shape index (κ1) is 18.5. The summed E-state index contributed by atoms with van der Waals surface area (Å²) in [6.07, 6.45) is 6.91. The van der Waals surface area contributed by atoms with E-state index in [4.69, 9.17) is 11.6 Å². The summed E-state index contributed by atoms with van der Waals surface area (Å²) >= 11 is 5.86. The molecule has 0 unspecified atom stereocenters. The Labute approximate surface area is 154 Å². The SMILES string of the molecule is CS(=O)(=O)N(CCCC(=O)N[C@H]1C[C@H]2CC[C@H]1C2)c1ccc(Cl)cc1. The van der Waals surface area contributed by atoms with E-state index in [-0.39, 0.29) is 12.5 Å². The minimum absolute atomic E-state index is 0.0297. The monoisotopic (exact) mass is 384 g/mol. The number of hydrogen-bond acceptors (Lipinski definition) is 3. The van der Waals surface area contributed by atoms with Gasteiger partial charge in [0.25, 0.3) is 0 Å². The number of rotatable bonds is 7. The zero-order valence-corrected chi connectivity index (χ0v) is 16.0. The number of hydrogen-bond donors (Lipinski definition) is 1. The molecule has 1 aromatic carbocycles. The zero-order chi connectivity index (χ0) is 18.0. The molecular formula is C18H25ClN2O3S. The lowest BCUT2D eigenvalue weighted by molar-refractivity contribution is -0.122. The number of anilines is 1. The van der Waals surface area contributed by atoms with Gasteiger partial charge in [0.2, 0.25) is 15.9 Å². The molecule has 3 atom stereocenters. The number of sulfonamides is 1. The third-order valence-corrected chi connectivity index (χ3v) is 6.81. The Hall–Kier alpha value is -1.27. The molecule has 2 bridgehead atoms. The van der Waals surface area contributed by atoms with E-state index < -0.39 is 10.0 Å². The number of amides is 1. The highest BCUT2D eigenvalue weighted by Crippen LogP contribution is 2.44. The van der Waals surface area contributed by atoms with E-state index >= 15 is 0 Å². The summed E-state index contributed by atoms with van der Waals surface area (Å²) < 4.78 is 25.4. The van der Waals surface area contributed by atoms with E-state index in [1.165, 1.54) is 29.8 Å². The molecule has 0 spiro atoms. The van der Waals surface area contributed by atoms with Crippen LogP contribution in [0.1, 0.15) is 38.5 Å². The zero-order valence-electron chi connectivity index (χ0n) is 14.4. The molecule has 1 amide bonds. The molecule has 1 N–H and O–H groups in total. The van der Waals surface area contributed by atoms with Crippen LogP contribution in [0, 0.1) is 11.8 Å². The first-order valence-electron chi connectivity index (χ1n) is 8.85. The summed E-state index contributed by atoms with van der Waals surface area (Å²) in [5, 5.41) is 3.70. The fourth-order valence-electron chi connectivity index (χ4n) is 4.18. The first-order valence-corrected chi connectivity index (χ1v) is 11.1. The molecule has 2 aliphatic carbocycles. The largest absolute Gasteiger partial charge is 0.353 e. The van der Waals surface area contributed by atoms with E-state index in [0.717, 1.165) is 12.3 Å². The van der Waals surface area contributed by atoms with Gasteiger partial charge in [-0.1, -0.05) is 18.0 Å². The van der Waals surface area contributed by atoms with E-state index in [1.807, 2.05) is 0 Å². The molecule has 3 rings (SSSR count). The molecule has 2 aliphatic rings. The molecule has 25 heavy (non-hydrogen) atoms. The number of fused-ring (bicyclic) bond motifs is 2. The molecular weight excluding hydrogens is 360 g/mol. The fourth-order valence-corrected chi connectivity index (χ4v) is 5.27. The molecule has 0 radical (unpaired) electrons. The lowest BCUT2D eigenvalue weighted by Crippen LogP contribution is -2.39. The van der Waals surface area contributed by atoms with Crippen molar-refractivity contribution in [1.82, 2.24) is 5.32 Å².